The quantitative estimate of drug-likeness (QED) is 0.514. The fourth-order valence-corrected chi connectivity index (χ4v) is 4.05. The van der Waals surface area contributed by atoms with Gasteiger partial charge in [-0.05, 0) is 50.1 Å². The number of benzene rings is 1. The van der Waals surface area contributed by atoms with Gasteiger partial charge in [0, 0.05) is 37.3 Å². The number of carbonyl (C=O) groups is 1. The zero-order valence-electron chi connectivity index (χ0n) is 18.4. The molecule has 0 N–H and O–H groups in total. The Balaban J connectivity index is 1.53. The molecule has 0 spiro atoms. The maximum atomic E-state index is 12.6. The minimum Gasteiger partial charge on any atom is -0.497 e. The van der Waals surface area contributed by atoms with Crippen LogP contribution in [-0.4, -0.2) is 40.9 Å². The first-order valence-electron chi connectivity index (χ1n) is 10.7. The molecule has 0 fully saturated rings. The van der Waals surface area contributed by atoms with Crippen molar-refractivity contribution in [3.63, 3.8) is 0 Å². The summed E-state index contributed by atoms with van der Waals surface area (Å²) in [6, 6.07) is 12.0. The van der Waals surface area contributed by atoms with Crippen molar-refractivity contribution >= 4 is 5.97 Å². The number of rotatable bonds is 8. The van der Waals surface area contributed by atoms with Gasteiger partial charge in [-0.25, -0.2) is 4.79 Å². The van der Waals surface area contributed by atoms with Gasteiger partial charge < -0.3 is 13.9 Å². The molecule has 1 aliphatic rings. The Labute approximate surface area is 182 Å². The lowest BCUT2D eigenvalue weighted by molar-refractivity contribution is 0.0515. The third kappa shape index (κ3) is 4.82. The number of ether oxygens (including phenoxy) is 2. The van der Waals surface area contributed by atoms with Crippen LogP contribution in [0.4, 0.5) is 0 Å². The normalized spacial score (nSPS) is 13.8. The molecule has 0 saturated carbocycles. The first-order chi connectivity index (χ1) is 15.1. The van der Waals surface area contributed by atoms with Gasteiger partial charge in [-0.3, -0.25) is 9.58 Å². The van der Waals surface area contributed by atoms with Gasteiger partial charge >= 0.3 is 5.97 Å². The van der Waals surface area contributed by atoms with E-state index in [1.165, 1.54) is 5.56 Å². The molecule has 0 bridgehead atoms. The average Bonchev–Trinajstić information content (AvgIpc) is 3.35. The molecule has 7 nitrogen and oxygen atoms in total. The van der Waals surface area contributed by atoms with E-state index < -0.39 is 0 Å². The van der Waals surface area contributed by atoms with Crippen LogP contribution in [0.15, 0.2) is 40.8 Å². The van der Waals surface area contributed by atoms with Crippen LogP contribution in [0.1, 0.15) is 45.8 Å². The molecule has 0 atom stereocenters. The number of hydrogen-bond donors (Lipinski definition) is 0. The number of fused-ring (bicyclic) bond motifs is 1. The van der Waals surface area contributed by atoms with Crippen LogP contribution in [0.5, 0.6) is 5.75 Å². The second-order valence-electron chi connectivity index (χ2n) is 7.79. The summed E-state index contributed by atoms with van der Waals surface area (Å²) in [5.74, 6) is 2.34. The maximum absolute atomic E-state index is 12.6. The van der Waals surface area contributed by atoms with Crippen molar-refractivity contribution in [2.24, 2.45) is 0 Å². The Hall–Kier alpha value is -3.06. The van der Waals surface area contributed by atoms with Gasteiger partial charge in [0.25, 0.3) is 0 Å². The van der Waals surface area contributed by atoms with Crippen molar-refractivity contribution in [1.82, 2.24) is 14.7 Å². The molecule has 31 heavy (non-hydrogen) atoms. The Morgan fingerprint density at radius 1 is 1.19 bits per heavy atom. The van der Waals surface area contributed by atoms with Gasteiger partial charge in [-0.2, -0.15) is 5.10 Å². The highest BCUT2D eigenvalue weighted by Gasteiger charge is 2.29. The smallest absolute Gasteiger partial charge is 0.359 e. The predicted molar refractivity (Wildman–Crippen MR) is 116 cm³/mol. The molecule has 1 aliphatic heterocycles. The molecule has 0 aliphatic carbocycles. The molecule has 7 heteroatoms. The molecule has 164 valence electrons. The summed E-state index contributed by atoms with van der Waals surface area (Å²) in [5, 5.41) is 4.67. The molecule has 0 amide bonds. The molecule has 3 aromatic rings. The predicted octanol–water partition coefficient (Wildman–Crippen LogP) is 3.77. The van der Waals surface area contributed by atoms with Crippen LogP contribution in [0.25, 0.3) is 0 Å². The van der Waals surface area contributed by atoms with Crippen molar-refractivity contribution < 1.29 is 18.7 Å². The lowest BCUT2D eigenvalue weighted by atomic mass is 10.0. The van der Waals surface area contributed by atoms with Crippen molar-refractivity contribution in [2.45, 2.75) is 46.3 Å². The molecule has 0 saturated heterocycles. The number of nitrogens with zero attached hydrogens (tertiary/aromatic N) is 3. The topological polar surface area (TPSA) is 69.7 Å². The van der Waals surface area contributed by atoms with Gasteiger partial charge in [-0.1, -0.05) is 12.1 Å². The van der Waals surface area contributed by atoms with E-state index in [1.807, 2.05) is 42.8 Å². The highest BCUT2D eigenvalue weighted by atomic mass is 16.5. The molecule has 0 unspecified atom stereocenters. The summed E-state index contributed by atoms with van der Waals surface area (Å²) in [5.41, 5.74) is 3.74. The molecular weight excluding hydrogens is 394 g/mol. The average molecular weight is 424 g/mol. The van der Waals surface area contributed by atoms with Gasteiger partial charge in [0.15, 0.2) is 5.69 Å². The summed E-state index contributed by atoms with van der Waals surface area (Å²) in [6.07, 6.45) is 1.67. The lowest BCUT2D eigenvalue weighted by Gasteiger charge is -2.26. The molecule has 3 heterocycles. The zero-order chi connectivity index (χ0) is 21.8. The molecule has 4 rings (SSSR count). The molecular formula is C24H29N3O4. The van der Waals surface area contributed by atoms with E-state index in [-0.39, 0.29) is 5.97 Å². The summed E-state index contributed by atoms with van der Waals surface area (Å²) in [4.78, 5) is 14.9. The zero-order valence-corrected chi connectivity index (χ0v) is 18.4. The Morgan fingerprint density at radius 3 is 2.68 bits per heavy atom. The standard InChI is InChI=1S/C24H29N3O4/c1-4-30-24(28)23-21-16-26(15-20-8-5-17(2)31-20)13-12-22(21)27(25-23)14-11-18-6-9-19(29-3)10-7-18/h5-10H,4,11-16H2,1-3H3. The third-order valence-corrected chi connectivity index (χ3v) is 5.63. The van der Waals surface area contributed by atoms with Crippen LogP contribution in [-0.2, 0) is 37.2 Å². The van der Waals surface area contributed by atoms with E-state index in [1.54, 1.807) is 7.11 Å². The number of furan rings is 1. The van der Waals surface area contributed by atoms with Crippen LogP contribution < -0.4 is 4.74 Å². The first kappa shape index (κ1) is 21.2. The number of aromatic nitrogens is 2. The van der Waals surface area contributed by atoms with Crippen LogP contribution in [0.2, 0.25) is 0 Å². The largest absolute Gasteiger partial charge is 0.497 e. The number of hydrogen-bond acceptors (Lipinski definition) is 6. The molecule has 2 aromatic heterocycles. The maximum Gasteiger partial charge on any atom is 0.359 e. The number of aryl methyl sites for hydroxylation is 3. The number of methoxy groups -OCH3 is 1. The Kier molecular flexibility index (Phi) is 6.42. The first-order valence-corrected chi connectivity index (χ1v) is 10.7. The second kappa shape index (κ2) is 9.39. The van der Waals surface area contributed by atoms with Gasteiger partial charge in [-0.15, -0.1) is 0 Å². The fourth-order valence-electron chi connectivity index (χ4n) is 4.05. The van der Waals surface area contributed by atoms with Crippen LogP contribution >= 0.6 is 0 Å². The highest BCUT2D eigenvalue weighted by molar-refractivity contribution is 5.89. The SMILES string of the molecule is CCOC(=O)c1nn(CCc2ccc(OC)cc2)c2c1CN(Cc1ccc(C)o1)CC2. The minimum atomic E-state index is -0.349. The van der Waals surface area contributed by atoms with E-state index >= 15 is 0 Å². The Morgan fingerprint density at radius 2 is 2.00 bits per heavy atom. The third-order valence-electron chi connectivity index (χ3n) is 5.63. The number of carbonyl (C=O) groups excluding carboxylic acids is 1. The van der Waals surface area contributed by atoms with Gasteiger partial charge in [0.1, 0.15) is 17.3 Å². The van der Waals surface area contributed by atoms with Gasteiger partial charge in [0.05, 0.1) is 20.3 Å². The van der Waals surface area contributed by atoms with Crippen molar-refractivity contribution in [3.8, 4) is 5.75 Å². The number of esters is 1. The van der Waals surface area contributed by atoms with Crippen molar-refractivity contribution in [3.05, 3.63) is 70.4 Å². The minimum absolute atomic E-state index is 0.335. The summed E-state index contributed by atoms with van der Waals surface area (Å²) >= 11 is 0. The van der Waals surface area contributed by atoms with E-state index in [4.69, 9.17) is 13.9 Å². The molecule has 0 radical (unpaired) electrons. The van der Waals surface area contributed by atoms with Crippen LogP contribution in [0.3, 0.4) is 0 Å². The van der Waals surface area contributed by atoms with E-state index in [2.05, 4.69) is 22.1 Å². The van der Waals surface area contributed by atoms with Crippen LogP contribution in [0, 0.1) is 6.92 Å². The summed E-state index contributed by atoms with van der Waals surface area (Å²) in [6.45, 7) is 7.08. The van der Waals surface area contributed by atoms with Crippen molar-refractivity contribution in [1.29, 1.82) is 0 Å². The monoisotopic (exact) mass is 423 g/mol. The lowest BCUT2D eigenvalue weighted by Crippen LogP contribution is -2.31. The van der Waals surface area contributed by atoms with E-state index in [0.29, 0.717) is 31.9 Å². The highest BCUT2D eigenvalue weighted by Crippen LogP contribution is 2.25. The Bertz CT molecular complexity index is 1040. The van der Waals surface area contributed by atoms with E-state index in [0.717, 1.165) is 47.9 Å². The summed E-state index contributed by atoms with van der Waals surface area (Å²) < 4.78 is 18.2. The fraction of sp³-hybridized carbons (Fsp3) is 0.417. The second-order valence-corrected chi connectivity index (χ2v) is 7.79. The van der Waals surface area contributed by atoms with E-state index in [9.17, 15) is 4.79 Å². The summed E-state index contributed by atoms with van der Waals surface area (Å²) in [7, 11) is 1.66. The molecule has 1 aromatic carbocycles. The van der Waals surface area contributed by atoms with Crippen molar-refractivity contribution in [2.75, 3.05) is 20.3 Å². The van der Waals surface area contributed by atoms with Gasteiger partial charge in [0.2, 0.25) is 0 Å².